The van der Waals surface area contributed by atoms with Gasteiger partial charge in [0, 0.05) is 18.8 Å². The van der Waals surface area contributed by atoms with Crippen LogP contribution in [-0.4, -0.2) is 29.3 Å². The van der Waals surface area contributed by atoms with Gasteiger partial charge in [0.05, 0.1) is 12.2 Å². The lowest BCUT2D eigenvalue weighted by atomic mass is 10.1. The van der Waals surface area contributed by atoms with E-state index >= 15 is 0 Å². The largest absolute Gasteiger partial charge is 0.396 e. The minimum Gasteiger partial charge on any atom is -0.396 e. The summed E-state index contributed by atoms with van der Waals surface area (Å²) in [5.74, 6) is 0.276. The Bertz CT molecular complexity index is 382. The van der Waals surface area contributed by atoms with Crippen LogP contribution in [0.2, 0.25) is 0 Å². The van der Waals surface area contributed by atoms with Crippen LogP contribution in [0.25, 0.3) is 0 Å². The van der Waals surface area contributed by atoms with E-state index < -0.39 is 0 Å². The lowest BCUT2D eigenvalue weighted by Crippen LogP contribution is -2.37. The third-order valence-electron chi connectivity index (χ3n) is 2.61. The van der Waals surface area contributed by atoms with Crippen molar-refractivity contribution in [1.82, 2.24) is 15.6 Å². The van der Waals surface area contributed by atoms with Gasteiger partial charge in [-0.15, -0.1) is 0 Å². The fraction of sp³-hybridized carbons (Fsp3) is 0.538. The molecule has 0 saturated carbocycles. The van der Waals surface area contributed by atoms with Crippen molar-refractivity contribution in [2.75, 3.05) is 13.2 Å². The molecule has 0 bridgehead atoms. The summed E-state index contributed by atoms with van der Waals surface area (Å²) in [5.41, 5.74) is 1.78. The summed E-state index contributed by atoms with van der Waals surface area (Å²) in [6, 6.07) is 5.51. The second kappa shape index (κ2) is 7.66. The van der Waals surface area contributed by atoms with Crippen LogP contribution in [0, 0.1) is 12.8 Å². The van der Waals surface area contributed by atoms with E-state index in [1.165, 1.54) is 0 Å². The summed E-state index contributed by atoms with van der Waals surface area (Å²) in [6.45, 7) is 5.03. The predicted molar refractivity (Wildman–Crippen MR) is 70.1 cm³/mol. The monoisotopic (exact) mass is 251 g/mol. The van der Waals surface area contributed by atoms with Crippen molar-refractivity contribution in [3.05, 3.63) is 29.6 Å². The number of carbonyl (C=O) groups is 1. The van der Waals surface area contributed by atoms with E-state index in [0.29, 0.717) is 19.5 Å². The highest BCUT2D eigenvalue weighted by molar-refractivity contribution is 5.73. The first-order chi connectivity index (χ1) is 8.61. The number of aliphatic hydroxyl groups is 1. The maximum Gasteiger partial charge on any atom is 0.315 e. The number of pyridine rings is 1. The Hall–Kier alpha value is -1.62. The SMILES string of the molecule is Cc1cccc(CNC(=O)NCC(C)CCO)n1. The maximum absolute atomic E-state index is 11.5. The zero-order valence-electron chi connectivity index (χ0n) is 10.9. The second-order valence-corrected chi connectivity index (χ2v) is 4.45. The van der Waals surface area contributed by atoms with Crippen LogP contribution in [-0.2, 0) is 6.54 Å². The Morgan fingerprint density at radius 2 is 2.22 bits per heavy atom. The number of rotatable bonds is 6. The Morgan fingerprint density at radius 3 is 2.89 bits per heavy atom. The number of aliphatic hydroxyl groups excluding tert-OH is 1. The Labute approximate surface area is 108 Å². The molecule has 1 aromatic rings. The second-order valence-electron chi connectivity index (χ2n) is 4.45. The molecule has 100 valence electrons. The fourth-order valence-corrected chi connectivity index (χ4v) is 1.52. The number of carbonyl (C=O) groups excluding carboxylic acids is 1. The first-order valence-electron chi connectivity index (χ1n) is 6.17. The van der Waals surface area contributed by atoms with Crippen molar-refractivity contribution >= 4 is 6.03 Å². The molecule has 1 rings (SSSR count). The predicted octanol–water partition coefficient (Wildman–Crippen LogP) is 1.21. The molecule has 0 spiro atoms. The average Bonchev–Trinajstić information content (AvgIpc) is 2.34. The van der Waals surface area contributed by atoms with Crippen molar-refractivity contribution in [3.8, 4) is 0 Å². The van der Waals surface area contributed by atoms with Crippen molar-refractivity contribution in [2.45, 2.75) is 26.8 Å². The van der Waals surface area contributed by atoms with Gasteiger partial charge in [-0.3, -0.25) is 4.98 Å². The minimum atomic E-state index is -0.205. The topological polar surface area (TPSA) is 74.2 Å². The lowest BCUT2D eigenvalue weighted by molar-refractivity contribution is 0.233. The standard InChI is InChI=1S/C13H21N3O2/c1-10(6-7-17)8-14-13(18)15-9-12-5-3-4-11(2)16-12/h3-5,10,17H,6-9H2,1-2H3,(H2,14,15,18). The first-order valence-corrected chi connectivity index (χ1v) is 6.17. The molecule has 1 aromatic heterocycles. The van der Waals surface area contributed by atoms with E-state index in [1.54, 1.807) is 0 Å². The van der Waals surface area contributed by atoms with Gasteiger partial charge >= 0.3 is 6.03 Å². The van der Waals surface area contributed by atoms with Crippen LogP contribution in [0.5, 0.6) is 0 Å². The molecule has 5 nitrogen and oxygen atoms in total. The van der Waals surface area contributed by atoms with Crippen LogP contribution in [0.4, 0.5) is 4.79 Å². The van der Waals surface area contributed by atoms with E-state index in [0.717, 1.165) is 11.4 Å². The molecule has 3 N–H and O–H groups in total. The van der Waals surface area contributed by atoms with Gasteiger partial charge < -0.3 is 15.7 Å². The number of hydrogen-bond donors (Lipinski definition) is 3. The molecule has 1 unspecified atom stereocenters. The van der Waals surface area contributed by atoms with E-state index in [4.69, 9.17) is 5.11 Å². The molecular formula is C13H21N3O2. The van der Waals surface area contributed by atoms with Crippen molar-refractivity contribution in [3.63, 3.8) is 0 Å². The first kappa shape index (κ1) is 14.4. The highest BCUT2D eigenvalue weighted by atomic mass is 16.3. The van der Waals surface area contributed by atoms with Crippen molar-refractivity contribution in [1.29, 1.82) is 0 Å². The smallest absolute Gasteiger partial charge is 0.315 e. The van der Waals surface area contributed by atoms with Gasteiger partial charge in [-0.05, 0) is 31.4 Å². The van der Waals surface area contributed by atoms with Crippen LogP contribution < -0.4 is 10.6 Å². The van der Waals surface area contributed by atoms with Gasteiger partial charge in [-0.25, -0.2) is 4.79 Å². The molecule has 0 aliphatic rings. The van der Waals surface area contributed by atoms with Crippen LogP contribution in [0.3, 0.4) is 0 Å². The molecule has 0 radical (unpaired) electrons. The van der Waals surface area contributed by atoms with Gasteiger partial charge in [-0.1, -0.05) is 13.0 Å². The van der Waals surface area contributed by atoms with Gasteiger partial charge in [0.2, 0.25) is 0 Å². The normalized spacial score (nSPS) is 11.9. The van der Waals surface area contributed by atoms with Crippen LogP contribution in [0.1, 0.15) is 24.7 Å². The van der Waals surface area contributed by atoms with Crippen molar-refractivity contribution < 1.29 is 9.90 Å². The maximum atomic E-state index is 11.5. The number of aryl methyl sites for hydroxylation is 1. The molecule has 0 aromatic carbocycles. The molecule has 0 fully saturated rings. The Kier molecular flexibility index (Phi) is 6.14. The van der Waals surface area contributed by atoms with Gasteiger partial charge in [0.15, 0.2) is 0 Å². The molecule has 0 aliphatic heterocycles. The van der Waals surface area contributed by atoms with Crippen LogP contribution >= 0.6 is 0 Å². The zero-order chi connectivity index (χ0) is 13.4. The Balaban J connectivity index is 2.25. The highest BCUT2D eigenvalue weighted by Gasteiger charge is 2.05. The van der Waals surface area contributed by atoms with Crippen LogP contribution in [0.15, 0.2) is 18.2 Å². The van der Waals surface area contributed by atoms with E-state index in [9.17, 15) is 4.79 Å². The van der Waals surface area contributed by atoms with Gasteiger partial charge in [0.1, 0.15) is 0 Å². The molecule has 1 atom stereocenters. The summed E-state index contributed by atoms with van der Waals surface area (Å²) < 4.78 is 0. The molecular weight excluding hydrogens is 230 g/mol. The molecule has 2 amide bonds. The number of nitrogens with zero attached hydrogens (tertiary/aromatic N) is 1. The zero-order valence-corrected chi connectivity index (χ0v) is 10.9. The summed E-state index contributed by atoms with van der Waals surface area (Å²) >= 11 is 0. The Morgan fingerprint density at radius 1 is 1.44 bits per heavy atom. The number of amides is 2. The third kappa shape index (κ3) is 5.63. The average molecular weight is 251 g/mol. The number of hydrogen-bond acceptors (Lipinski definition) is 3. The van der Waals surface area contributed by atoms with E-state index in [1.807, 2.05) is 32.0 Å². The van der Waals surface area contributed by atoms with E-state index in [2.05, 4.69) is 15.6 Å². The van der Waals surface area contributed by atoms with E-state index in [-0.39, 0.29) is 18.6 Å². The summed E-state index contributed by atoms with van der Waals surface area (Å²) in [5, 5.41) is 14.3. The fourth-order valence-electron chi connectivity index (χ4n) is 1.52. The summed E-state index contributed by atoms with van der Waals surface area (Å²) in [4.78, 5) is 15.8. The third-order valence-corrected chi connectivity index (χ3v) is 2.61. The number of urea groups is 1. The number of nitrogens with one attached hydrogen (secondary N) is 2. The molecule has 0 saturated heterocycles. The van der Waals surface area contributed by atoms with Gasteiger partial charge in [-0.2, -0.15) is 0 Å². The summed E-state index contributed by atoms with van der Waals surface area (Å²) in [7, 11) is 0. The summed E-state index contributed by atoms with van der Waals surface area (Å²) in [6.07, 6.45) is 0.694. The molecule has 1 heterocycles. The molecule has 0 aliphatic carbocycles. The van der Waals surface area contributed by atoms with Crippen molar-refractivity contribution in [2.24, 2.45) is 5.92 Å². The molecule has 18 heavy (non-hydrogen) atoms. The molecule has 5 heteroatoms. The lowest BCUT2D eigenvalue weighted by Gasteiger charge is -2.12. The number of aromatic nitrogens is 1. The highest BCUT2D eigenvalue weighted by Crippen LogP contribution is 1.99. The van der Waals surface area contributed by atoms with Gasteiger partial charge in [0.25, 0.3) is 0 Å². The minimum absolute atomic E-state index is 0.150. The quantitative estimate of drug-likeness (QED) is 0.711.